The molecule has 8 heteroatoms. The molecule has 0 radical (unpaired) electrons. The van der Waals surface area contributed by atoms with Gasteiger partial charge in [-0.3, -0.25) is 4.79 Å². The standard InChI is InChI=1S/C21H24Cl2N2O3S/c1-2-16-6-8-17(9-7-16)10-11-20(26)24-12-14-25(15-13-24)29(27,28)19-5-3-4-18(22)21(19)23/h3-9H,2,10-15H2,1H3. The maximum Gasteiger partial charge on any atom is 0.244 e. The van der Waals surface area contributed by atoms with Gasteiger partial charge in [-0.1, -0.05) is 60.5 Å². The molecule has 0 bridgehead atoms. The zero-order chi connectivity index (χ0) is 21.0. The summed E-state index contributed by atoms with van der Waals surface area (Å²) in [5, 5.41) is 0.232. The molecule has 1 heterocycles. The molecule has 2 aromatic rings. The number of carbonyl (C=O) groups excluding carboxylic acids is 1. The Balaban J connectivity index is 1.56. The van der Waals surface area contributed by atoms with E-state index in [1.165, 1.54) is 15.9 Å². The SMILES string of the molecule is CCc1ccc(CCC(=O)N2CCN(S(=O)(=O)c3cccc(Cl)c3Cl)CC2)cc1. The molecule has 2 aromatic carbocycles. The van der Waals surface area contributed by atoms with Crippen molar-refractivity contribution < 1.29 is 13.2 Å². The van der Waals surface area contributed by atoms with Crippen molar-refractivity contribution in [1.82, 2.24) is 9.21 Å². The van der Waals surface area contributed by atoms with Crippen LogP contribution in [0.25, 0.3) is 0 Å². The Kier molecular flexibility index (Phi) is 7.22. The first-order valence-electron chi connectivity index (χ1n) is 9.62. The highest BCUT2D eigenvalue weighted by atomic mass is 35.5. The zero-order valence-electron chi connectivity index (χ0n) is 16.3. The highest BCUT2D eigenvalue weighted by molar-refractivity contribution is 7.89. The van der Waals surface area contributed by atoms with Crippen molar-refractivity contribution in [3.63, 3.8) is 0 Å². The van der Waals surface area contributed by atoms with Crippen LogP contribution in [0.4, 0.5) is 0 Å². The molecule has 0 spiro atoms. The molecule has 1 amide bonds. The number of hydrogen-bond donors (Lipinski definition) is 0. The van der Waals surface area contributed by atoms with E-state index in [4.69, 9.17) is 23.2 Å². The molecule has 0 N–H and O–H groups in total. The number of hydrogen-bond acceptors (Lipinski definition) is 3. The van der Waals surface area contributed by atoms with Crippen molar-refractivity contribution in [2.24, 2.45) is 0 Å². The molecular weight excluding hydrogens is 431 g/mol. The first-order valence-corrected chi connectivity index (χ1v) is 11.8. The quantitative estimate of drug-likeness (QED) is 0.661. The molecule has 1 saturated heterocycles. The van der Waals surface area contributed by atoms with E-state index in [0.717, 1.165) is 12.0 Å². The molecule has 1 aliphatic rings. The average molecular weight is 455 g/mol. The topological polar surface area (TPSA) is 57.7 Å². The minimum absolute atomic E-state index is 0.00182. The van der Waals surface area contributed by atoms with Gasteiger partial charge in [-0.25, -0.2) is 8.42 Å². The van der Waals surface area contributed by atoms with Gasteiger partial charge < -0.3 is 4.90 Å². The number of sulfonamides is 1. The minimum atomic E-state index is -3.75. The second-order valence-electron chi connectivity index (χ2n) is 7.01. The third-order valence-electron chi connectivity index (χ3n) is 5.18. The molecule has 0 unspecified atom stereocenters. The summed E-state index contributed by atoms with van der Waals surface area (Å²) in [6.07, 6.45) is 2.09. The fourth-order valence-corrected chi connectivity index (χ4v) is 5.51. The first-order chi connectivity index (χ1) is 13.8. The number of piperazine rings is 1. The molecule has 0 atom stereocenters. The lowest BCUT2D eigenvalue weighted by Crippen LogP contribution is -2.50. The Morgan fingerprint density at radius 3 is 2.21 bits per heavy atom. The predicted molar refractivity (Wildman–Crippen MR) is 116 cm³/mol. The number of amides is 1. The van der Waals surface area contributed by atoms with Crippen LogP contribution in [0.3, 0.4) is 0 Å². The summed E-state index contributed by atoms with van der Waals surface area (Å²) in [5.74, 6) is 0.0439. The molecule has 1 aliphatic heterocycles. The summed E-state index contributed by atoms with van der Waals surface area (Å²) in [4.78, 5) is 14.3. The van der Waals surface area contributed by atoms with Crippen LogP contribution in [0, 0.1) is 0 Å². The molecule has 3 rings (SSSR count). The molecule has 1 fully saturated rings. The number of carbonyl (C=O) groups is 1. The van der Waals surface area contributed by atoms with Crippen LogP contribution in [0.2, 0.25) is 10.0 Å². The molecule has 156 valence electrons. The van der Waals surface area contributed by atoms with E-state index in [9.17, 15) is 13.2 Å². The summed E-state index contributed by atoms with van der Waals surface area (Å²) < 4.78 is 27.1. The van der Waals surface area contributed by atoms with E-state index in [-0.39, 0.29) is 33.9 Å². The molecule has 5 nitrogen and oxygen atoms in total. The second-order valence-corrected chi connectivity index (χ2v) is 9.70. The van der Waals surface area contributed by atoms with Crippen LogP contribution in [-0.4, -0.2) is 49.7 Å². The van der Waals surface area contributed by atoms with E-state index in [1.807, 2.05) is 0 Å². The average Bonchev–Trinajstić information content (AvgIpc) is 2.74. The minimum Gasteiger partial charge on any atom is -0.340 e. The van der Waals surface area contributed by atoms with E-state index in [1.54, 1.807) is 17.0 Å². The fourth-order valence-electron chi connectivity index (χ4n) is 3.35. The van der Waals surface area contributed by atoms with E-state index < -0.39 is 10.0 Å². The van der Waals surface area contributed by atoms with Crippen molar-refractivity contribution in [2.45, 2.75) is 31.1 Å². The lowest BCUT2D eigenvalue weighted by molar-refractivity contribution is -0.132. The van der Waals surface area contributed by atoms with E-state index in [2.05, 4.69) is 31.2 Å². The van der Waals surface area contributed by atoms with Crippen LogP contribution < -0.4 is 0 Å². The van der Waals surface area contributed by atoms with Crippen molar-refractivity contribution in [3.05, 3.63) is 63.6 Å². The first kappa shape index (κ1) is 22.1. The van der Waals surface area contributed by atoms with Gasteiger partial charge in [0, 0.05) is 32.6 Å². The van der Waals surface area contributed by atoms with Crippen LogP contribution in [0.15, 0.2) is 47.4 Å². The van der Waals surface area contributed by atoms with Crippen molar-refractivity contribution in [2.75, 3.05) is 26.2 Å². The Morgan fingerprint density at radius 1 is 0.966 bits per heavy atom. The Morgan fingerprint density at radius 2 is 1.59 bits per heavy atom. The number of benzene rings is 2. The van der Waals surface area contributed by atoms with Gasteiger partial charge in [0.2, 0.25) is 15.9 Å². The highest BCUT2D eigenvalue weighted by Crippen LogP contribution is 2.31. The van der Waals surface area contributed by atoms with Crippen molar-refractivity contribution in [1.29, 1.82) is 0 Å². The van der Waals surface area contributed by atoms with Gasteiger partial charge in [0.15, 0.2) is 0 Å². The lowest BCUT2D eigenvalue weighted by atomic mass is 10.1. The number of halogens is 2. The zero-order valence-corrected chi connectivity index (χ0v) is 18.6. The summed E-state index contributed by atoms with van der Waals surface area (Å²) in [7, 11) is -3.75. The third kappa shape index (κ3) is 5.12. The maximum absolute atomic E-state index is 12.9. The van der Waals surface area contributed by atoms with E-state index in [0.29, 0.717) is 25.9 Å². The van der Waals surface area contributed by atoms with Crippen LogP contribution >= 0.6 is 23.2 Å². The van der Waals surface area contributed by atoms with Gasteiger partial charge in [-0.05, 0) is 36.1 Å². The maximum atomic E-state index is 12.9. The van der Waals surface area contributed by atoms with Crippen LogP contribution in [0.1, 0.15) is 24.5 Å². The van der Waals surface area contributed by atoms with Gasteiger partial charge in [0.05, 0.1) is 10.0 Å². The number of rotatable bonds is 6. The highest BCUT2D eigenvalue weighted by Gasteiger charge is 2.31. The monoisotopic (exact) mass is 454 g/mol. The third-order valence-corrected chi connectivity index (χ3v) is 8.06. The molecular formula is C21H24Cl2N2O3S. The summed E-state index contributed by atoms with van der Waals surface area (Å²) in [6, 6.07) is 12.9. The van der Waals surface area contributed by atoms with Gasteiger partial charge in [-0.15, -0.1) is 0 Å². The van der Waals surface area contributed by atoms with Crippen molar-refractivity contribution >= 4 is 39.1 Å². The van der Waals surface area contributed by atoms with Gasteiger partial charge >= 0.3 is 0 Å². The molecule has 0 saturated carbocycles. The normalized spacial score (nSPS) is 15.5. The van der Waals surface area contributed by atoms with Crippen molar-refractivity contribution in [3.8, 4) is 0 Å². The summed E-state index contributed by atoms with van der Waals surface area (Å²) >= 11 is 12.1. The molecule has 0 aliphatic carbocycles. The van der Waals surface area contributed by atoms with Crippen LogP contribution in [-0.2, 0) is 27.7 Å². The van der Waals surface area contributed by atoms with Crippen LogP contribution in [0.5, 0.6) is 0 Å². The van der Waals surface area contributed by atoms with Gasteiger partial charge in [0.25, 0.3) is 0 Å². The van der Waals surface area contributed by atoms with E-state index >= 15 is 0 Å². The fraction of sp³-hybridized carbons (Fsp3) is 0.381. The molecule has 29 heavy (non-hydrogen) atoms. The molecule has 0 aromatic heterocycles. The summed E-state index contributed by atoms with van der Waals surface area (Å²) in [5.41, 5.74) is 2.41. The number of nitrogens with zero attached hydrogens (tertiary/aromatic N) is 2. The second kappa shape index (κ2) is 9.47. The Bertz CT molecular complexity index is 970. The smallest absolute Gasteiger partial charge is 0.244 e. The number of aryl methyl sites for hydroxylation is 2. The Labute approximate surface area is 182 Å². The predicted octanol–water partition coefficient (Wildman–Crippen LogP) is 4.02. The van der Waals surface area contributed by atoms with Gasteiger partial charge in [-0.2, -0.15) is 4.31 Å². The van der Waals surface area contributed by atoms with Gasteiger partial charge in [0.1, 0.15) is 4.90 Å². The lowest BCUT2D eigenvalue weighted by Gasteiger charge is -2.34. The largest absolute Gasteiger partial charge is 0.340 e. The Hall–Kier alpha value is -1.60. The summed E-state index contributed by atoms with van der Waals surface area (Å²) in [6.45, 7) is 3.32.